The van der Waals surface area contributed by atoms with Crippen molar-refractivity contribution in [3.05, 3.63) is 34.6 Å². The Hall–Kier alpha value is -0.580. The van der Waals surface area contributed by atoms with Gasteiger partial charge in [0.25, 0.3) is 0 Å². The number of rotatable bonds is 2. The molecule has 0 unspecified atom stereocenters. The third-order valence-corrected chi connectivity index (χ3v) is 3.21. The Morgan fingerprint density at radius 2 is 2.21 bits per heavy atom. The first-order valence-electron chi connectivity index (χ1n) is 3.98. The monoisotopic (exact) mass is 242 g/mol. The molecule has 14 heavy (non-hydrogen) atoms. The van der Waals surface area contributed by atoms with Gasteiger partial charge in [0.2, 0.25) is 0 Å². The Kier molecular flexibility index (Phi) is 3.05. The highest BCUT2D eigenvalue weighted by molar-refractivity contribution is 7.79. The van der Waals surface area contributed by atoms with E-state index in [0.717, 1.165) is 20.7 Å². The van der Waals surface area contributed by atoms with Crippen LogP contribution in [-0.4, -0.2) is 9.97 Å². The van der Waals surface area contributed by atoms with Crippen LogP contribution in [0.15, 0.2) is 24.4 Å². The highest BCUT2D eigenvalue weighted by Gasteiger charge is 2.03. The lowest BCUT2D eigenvalue weighted by molar-refractivity contribution is 1.04. The smallest absolute Gasteiger partial charge is 0.138 e. The molecule has 2 heterocycles. The largest absolute Gasteiger partial charge is 0.240 e. The molecular weight excluding hydrogens is 236 g/mol. The molecule has 0 aromatic carbocycles. The minimum atomic E-state index is 0.549. The lowest BCUT2D eigenvalue weighted by Gasteiger charge is -1.98. The summed E-state index contributed by atoms with van der Waals surface area (Å²) in [6.45, 7) is 0. The van der Waals surface area contributed by atoms with E-state index in [2.05, 4.69) is 22.6 Å². The van der Waals surface area contributed by atoms with Gasteiger partial charge in [-0.1, -0.05) is 11.6 Å². The van der Waals surface area contributed by atoms with Crippen LogP contribution in [0.25, 0.3) is 10.6 Å². The van der Waals surface area contributed by atoms with Gasteiger partial charge >= 0.3 is 0 Å². The van der Waals surface area contributed by atoms with Crippen LogP contribution in [0.2, 0.25) is 4.34 Å². The molecule has 0 aliphatic carbocycles. The zero-order valence-corrected chi connectivity index (χ0v) is 9.61. The first-order chi connectivity index (χ1) is 6.79. The molecule has 2 nitrogen and oxygen atoms in total. The van der Waals surface area contributed by atoms with Crippen molar-refractivity contribution in [3.63, 3.8) is 0 Å². The fourth-order valence-corrected chi connectivity index (χ4v) is 2.23. The fourth-order valence-electron chi connectivity index (χ4n) is 1.06. The Morgan fingerprint density at radius 1 is 1.36 bits per heavy atom. The second-order valence-corrected chi connectivity index (χ2v) is 4.65. The van der Waals surface area contributed by atoms with E-state index >= 15 is 0 Å². The van der Waals surface area contributed by atoms with Gasteiger partial charge in [0.15, 0.2) is 0 Å². The molecule has 0 saturated heterocycles. The molecule has 0 amide bonds. The van der Waals surface area contributed by atoms with Crippen LogP contribution in [-0.2, 0) is 5.75 Å². The van der Waals surface area contributed by atoms with Crippen molar-refractivity contribution in [2.75, 3.05) is 0 Å². The Balaban J connectivity index is 2.41. The number of hydrogen-bond acceptors (Lipinski definition) is 4. The van der Waals surface area contributed by atoms with Crippen molar-refractivity contribution in [3.8, 4) is 10.6 Å². The van der Waals surface area contributed by atoms with Crippen molar-refractivity contribution >= 4 is 35.6 Å². The quantitative estimate of drug-likeness (QED) is 0.818. The summed E-state index contributed by atoms with van der Waals surface area (Å²) in [4.78, 5) is 9.47. The molecule has 0 N–H and O–H groups in total. The number of nitrogens with zero attached hydrogens (tertiary/aromatic N) is 2. The number of aromatic nitrogens is 2. The van der Waals surface area contributed by atoms with E-state index in [1.807, 2.05) is 18.2 Å². The maximum Gasteiger partial charge on any atom is 0.138 e. The van der Waals surface area contributed by atoms with Crippen LogP contribution in [0.5, 0.6) is 0 Å². The van der Waals surface area contributed by atoms with Gasteiger partial charge in [0.1, 0.15) is 5.82 Å². The second-order valence-electron chi connectivity index (χ2n) is 2.62. The molecule has 2 aromatic heterocycles. The third-order valence-electron chi connectivity index (χ3n) is 1.67. The fraction of sp³-hybridized carbons (Fsp3) is 0.111. The van der Waals surface area contributed by atoms with E-state index in [-0.39, 0.29) is 0 Å². The van der Waals surface area contributed by atoms with E-state index in [0.29, 0.717) is 5.75 Å². The second kappa shape index (κ2) is 4.29. The van der Waals surface area contributed by atoms with Crippen LogP contribution in [0.4, 0.5) is 0 Å². The molecule has 5 heteroatoms. The summed E-state index contributed by atoms with van der Waals surface area (Å²) in [7, 11) is 0. The van der Waals surface area contributed by atoms with Gasteiger partial charge in [-0.2, -0.15) is 12.6 Å². The lowest BCUT2D eigenvalue weighted by atomic mass is 10.3. The Labute approximate surface area is 96.4 Å². The average Bonchev–Trinajstić information content (AvgIpc) is 2.65. The van der Waals surface area contributed by atoms with Crippen LogP contribution >= 0.6 is 35.6 Å². The summed E-state index contributed by atoms with van der Waals surface area (Å²) < 4.78 is 0.769. The van der Waals surface area contributed by atoms with Gasteiger partial charge in [-0.3, -0.25) is 0 Å². The van der Waals surface area contributed by atoms with E-state index in [1.54, 1.807) is 6.20 Å². The topological polar surface area (TPSA) is 25.8 Å². The van der Waals surface area contributed by atoms with Crippen LogP contribution < -0.4 is 0 Å². The van der Waals surface area contributed by atoms with Crippen molar-refractivity contribution in [1.29, 1.82) is 0 Å². The third kappa shape index (κ3) is 2.08. The van der Waals surface area contributed by atoms with Crippen LogP contribution in [0.3, 0.4) is 0 Å². The van der Waals surface area contributed by atoms with Gasteiger partial charge in [0, 0.05) is 6.20 Å². The van der Waals surface area contributed by atoms with Gasteiger partial charge in [-0.15, -0.1) is 11.3 Å². The molecule has 2 rings (SSSR count). The Bertz CT molecular complexity index is 442. The molecule has 72 valence electrons. The summed E-state index contributed by atoms with van der Waals surface area (Å²) in [5, 5.41) is 0. The van der Waals surface area contributed by atoms with E-state index in [1.165, 1.54) is 11.3 Å². The predicted octanol–water partition coefficient (Wildman–Crippen LogP) is 3.29. The minimum absolute atomic E-state index is 0.549. The van der Waals surface area contributed by atoms with E-state index < -0.39 is 0 Å². The number of thiol groups is 1. The van der Waals surface area contributed by atoms with Gasteiger partial charge in [-0.25, -0.2) is 9.97 Å². The molecule has 0 bridgehead atoms. The standard InChI is InChI=1S/C9H7ClN2S2/c10-8-2-1-7(14-8)6-3-4-11-9(5-13)12-6/h1-4,13H,5H2. The van der Waals surface area contributed by atoms with Crippen molar-refractivity contribution in [1.82, 2.24) is 9.97 Å². The predicted molar refractivity (Wildman–Crippen MR) is 63.0 cm³/mol. The maximum atomic E-state index is 5.84. The number of hydrogen-bond donors (Lipinski definition) is 1. The Morgan fingerprint density at radius 3 is 2.86 bits per heavy atom. The zero-order valence-electron chi connectivity index (χ0n) is 7.14. The summed E-state index contributed by atoms with van der Waals surface area (Å²) in [5.74, 6) is 1.28. The molecular formula is C9H7ClN2S2. The van der Waals surface area contributed by atoms with E-state index in [9.17, 15) is 0 Å². The first-order valence-corrected chi connectivity index (χ1v) is 5.81. The van der Waals surface area contributed by atoms with Gasteiger partial charge in [-0.05, 0) is 18.2 Å². The average molecular weight is 243 g/mol. The molecule has 0 fully saturated rings. The normalized spacial score (nSPS) is 10.4. The molecule has 0 saturated carbocycles. The van der Waals surface area contributed by atoms with Gasteiger partial charge in [0.05, 0.1) is 20.7 Å². The number of halogens is 1. The van der Waals surface area contributed by atoms with Gasteiger partial charge < -0.3 is 0 Å². The van der Waals surface area contributed by atoms with Crippen LogP contribution in [0.1, 0.15) is 5.82 Å². The summed E-state index contributed by atoms with van der Waals surface area (Å²) in [6, 6.07) is 5.69. The highest BCUT2D eigenvalue weighted by Crippen LogP contribution is 2.29. The lowest BCUT2D eigenvalue weighted by Crippen LogP contribution is -1.91. The summed E-state index contributed by atoms with van der Waals surface area (Å²) in [5.41, 5.74) is 0.904. The molecule has 2 aromatic rings. The summed E-state index contributed by atoms with van der Waals surface area (Å²) >= 11 is 11.5. The SMILES string of the molecule is SCc1nccc(-c2ccc(Cl)s2)n1. The van der Waals surface area contributed by atoms with Crippen LogP contribution in [0, 0.1) is 0 Å². The molecule has 0 atom stereocenters. The molecule has 0 aliphatic heterocycles. The molecule has 0 spiro atoms. The number of thiophene rings is 1. The summed E-state index contributed by atoms with van der Waals surface area (Å²) in [6.07, 6.45) is 1.74. The van der Waals surface area contributed by atoms with Crippen molar-refractivity contribution in [2.45, 2.75) is 5.75 Å². The maximum absolute atomic E-state index is 5.84. The molecule has 0 aliphatic rings. The van der Waals surface area contributed by atoms with Crippen molar-refractivity contribution < 1.29 is 0 Å². The van der Waals surface area contributed by atoms with E-state index in [4.69, 9.17) is 11.6 Å². The highest BCUT2D eigenvalue weighted by atomic mass is 35.5. The zero-order chi connectivity index (χ0) is 9.97. The minimum Gasteiger partial charge on any atom is -0.240 e. The first kappa shape index (κ1) is 9.96. The molecule has 0 radical (unpaired) electrons. The van der Waals surface area contributed by atoms with Crippen molar-refractivity contribution in [2.24, 2.45) is 0 Å².